The molecule has 2 nitrogen and oxygen atoms in total. The maximum absolute atomic E-state index is 12.1. The van der Waals surface area contributed by atoms with E-state index in [4.69, 9.17) is 11.6 Å². The normalized spacial score (nSPS) is 17.1. The summed E-state index contributed by atoms with van der Waals surface area (Å²) in [5, 5.41) is 2.05. The SMILES string of the molecule is CC(CCl)C(=O)N(Cc1cccs1)C1CC1. The first-order valence-electron chi connectivity index (χ1n) is 5.61. The summed E-state index contributed by atoms with van der Waals surface area (Å²) in [6.45, 7) is 2.65. The van der Waals surface area contributed by atoms with Crippen LogP contribution in [0.4, 0.5) is 0 Å². The average molecular weight is 258 g/mol. The number of alkyl halides is 1. The maximum Gasteiger partial charge on any atom is 0.227 e. The van der Waals surface area contributed by atoms with E-state index in [9.17, 15) is 4.79 Å². The molecule has 0 spiro atoms. The number of carbonyl (C=O) groups excluding carboxylic acids is 1. The number of nitrogens with zero attached hydrogens (tertiary/aromatic N) is 1. The van der Waals surface area contributed by atoms with Crippen LogP contribution in [0.1, 0.15) is 24.6 Å². The van der Waals surface area contributed by atoms with Gasteiger partial charge in [0.25, 0.3) is 0 Å². The highest BCUT2D eigenvalue weighted by atomic mass is 35.5. The number of thiophene rings is 1. The fraction of sp³-hybridized carbons (Fsp3) is 0.583. The highest BCUT2D eigenvalue weighted by Gasteiger charge is 2.34. The molecule has 1 amide bonds. The fourth-order valence-corrected chi connectivity index (χ4v) is 2.53. The van der Waals surface area contributed by atoms with Gasteiger partial charge in [0.1, 0.15) is 0 Å². The molecule has 2 rings (SSSR count). The van der Waals surface area contributed by atoms with Crippen molar-refractivity contribution in [3.05, 3.63) is 22.4 Å². The molecule has 0 aliphatic heterocycles. The topological polar surface area (TPSA) is 20.3 Å². The van der Waals surface area contributed by atoms with Crippen LogP contribution in [0.3, 0.4) is 0 Å². The van der Waals surface area contributed by atoms with Crippen LogP contribution in [-0.2, 0) is 11.3 Å². The zero-order chi connectivity index (χ0) is 11.5. The van der Waals surface area contributed by atoms with E-state index in [1.54, 1.807) is 11.3 Å². The number of amides is 1. The number of halogens is 1. The molecule has 1 fully saturated rings. The van der Waals surface area contributed by atoms with Crippen LogP contribution in [0, 0.1) is 5.92 Å². The second kappa shape index (κ2) is 5.19. The van der Waals surface area contributed by atoms with Gasteiger partial charge in [-0.15, -0.1) is 22.9 Å². The molecule has 0 N–H and O–H groups in total. The highest BCUT2D eigenvalue weighted by molar-refractivity contribution is 7.09. The molecule has 0 saturated heterocycles. The average Bonchev–Trinajstić information content (AvgIpc) is 3.01. The quantitative estimate of drug-likeness (QED) is 0.743. The Morgan fingerprint density at radius 2 is 2.44 bits per heavy atom. The highest BCUT2D eigenvalue weighted by Crippen LogP contribution is 2.30. The van der Waals surface area contributed by atoms with Crippen molar-refractivity contribution in [1.29, 1.82) is 0 Å². The second-order valence-corrected chi connectivity index (χ2v) is 5.67. The van der Waals surface area contributed by atoms with Crippen LogP contribution in [0.2, 0.25) is 0 Å². The summed E-state index contributed by atoms with van der Waals surface area (Å²) in [5.74, 6) is 0.542. The van der Waals surface area contributed by atoms with Crippen molar-refractivity contribution in [2.45, 2.75) is 32.4 Å². The minimum atomic E-state index is -0.0674. The maximum atomic E-state index is 12.1. The zero-order valence-corrected chi connectivity index (χ0v) is 10.9. The van der Waals surface area contributed by atoms with Gasteiger partial charge in [-0.25, -0.2) is 0 Å². The first kappa shape index (κ1) is 11.9. The Hall–Kier alpha value is -0.540. The molecule has 1 aliphatic carbocycles. The van der Waals surface area contributed by atoms with Gasteiger partial charge in [0.05, 0.1) is 6.54 Å². The Morgan fingerprint density at radius 1 is 1.69 bits per heavy atom. The molecule has 1 saturated carbocycles. The predicted molar refractivity (Wildman–Crippen MR) is 67.8 cm³/mol. The molecule has 1 aromatic rings. The van der Waals surface area contributed by atoms with Gasteiger partial charge in [-0.2, -0.15) is 0 Å². The smallest absolute Gasteiger partial charge is 0.227 e. The third kappa shape index (κ3) is 2.77. The second-order valence-electron chi connectivity index (χ2n) is 4.33. The van der Waals surface area contributed by atoms with Crippen molar-refractivity contribution >= 4 is 28.8 Å². The van der Waals surface area contributed by atoms with Crippen molar-refractivity contribution in [1.82, 2.24) is 4.90 Å². The van der Waals surface area contributed by atoms with Crippen molar-refractivity contribution < 1.29 is 4.79 Å². The minimum Gasteiger partial charge on any atom is -0.334 e. The molecular weight excluding hydrogens is 242 g/mol. The Kier molecular flexibility index (Phi) is 3.87. The number of hydrogen-bond acceptors (Lipinski definition) is 2. The minimum absolute atomic E-state index is 0.0674. The van der Waals surface area contributed by atoms with Crippen LogP contribution < -0.4 is 0 Å². The third-order valence-electron chi connectivity index (χ3n) is 2.83. The Bertz CT molecular complexity index is 348. The van der Waals surface area contributed by atoms with Crippen LogP contribution in [-0.4, -0.2) is 22.7 Å². The van der Waals surface area contributed by atoms with Crippen LogP contribution >= 0.6 is 22.9 Å². The Balaban J connectivity index is 2.02. The number of rotatable bonds is 5. The van der Waals surface area contributed by atoms with E-state index >= 15 is 0 Å². The van der Waals surface area contributed by atoms with Gasteiger partial charge in [0.15, 0.2) is 0 Å². The molecule has 1 aliphatic rings. The molecule has 0 aromatic carbocycles. The summed E-state index contributed by atoms with van der Waals surface area (Å²) in [5.41, 5.74) is 0. The van der Waals surface area contributed by atoms with Crippen molar-refractivity contribution in [2.75, 3.05) is 5.88 Å². The van der Waals surface area contributed by atoms with Crippen LogP contribution in [0.15, 0.2) is 17.5 Å². The molecule has 0 radical (unpaired) electrons. The molecule has 1 unspecified atom stereocenters. The fourth-order valence-electron chi connectivity index (χ4n) is 1.69. The summed E-state index contributed by atoms with van der Waals surface area (Å²) in [7, 11) is 0. The monoisotopic (exact) mass is 257 g/mol. The molecule has 1 aromatic heterocycles. The standard InChI is InChI=1S/C12H16ClNOS/c1-9(7-13)12(15)14(10-4-5-10)8-11-3-2-6-16-11/h2-3,6,9-10H,4-5,7-8H2,1H3. The van der Waals surface area contributed by atoms with Gasteiger partial charge < -0.3 is 4.90 Å². The Labute approximate surface area is 105 Å². The summed E-state index contributed by atoms with van der Waals surface area (Å²) < 4.78 is 0. The Morgan fingerprint density at radius 3 is 2.94 bits per heavy atom. The largest absolute Gasteiger partial charge is 0.334 e. The molecule has 1 atom stereocenters. The van der Waals surface area contributed by atoms with E-state index in [1.165, 1.54) is 4.88 Å². The molecular formula is C12H16ClNOS. The lowest BCUT2D eigenvalue weighted by Gasteiger charge is -2.24. The molecule has 0 bridgehead atoms. The van der Waals surface area contributed by atoms with Crippen molar-refractivity contribution in [2.24, 2.45) is 5.92 Å². The molecule has 1 heterocycles. The van der Waals surface area contributed by atoms with Gasteiger partial charge in [0, 0.05) is 22.7 Å². The zero-order valence-electron chi connectivity index (χ0n) is 9.36. The summed E-state index contributed by atoms with van der Waals surface area (Å²) in [6, 6.07) is 4.57. The van der Waals surface area contributed by atoms with E-state index in [-0.39, 0.29) is 11.8 Å². The van der Waals surface area contributed by atoms with Gasteiger partial charge in [-0.1, -0.05) is 13.0 Å². The van der Waals surface area contributed by atoms with Gasteiger partial charge in [-0.05, 0) is 24.3 Å². The lowest BCUT2D eigenvalue weighted by atomic mass is 10.2. The van der Waals surface area contributed by atoms with Crippen molar-refractivity contribution in [3.8, 4) is 0 Å². The van der Waals surface area contributed by atoms with E-state index in [0.29, 0.717) is 11.9 Å². The van der Waals surface area contributed by atoms with Gasteiger partial charge in [-0.3, -0.25) is 4.79 Å². The van der Waals surface area contributed by atoms with Crippen LogP contribution in [0.5, 0.6) is 0 Å². The third-order valence-corrected chi connectivity index (χ3v) is 4.15. The van der Waals surface area contributed by atoms with E-state index < -0.39 is 0 Å². The van der Waals surface area contributed by atoms with Crippen molar-refractivity contribution in [3.63, 3.8) is 0 Å². The molecule has 4 heteroatoms. The van der Waals surface area contributed by atoms with E-state index in [1.807, 2.05) is 17.9 Å². The molecule has 16 heavy (non-hydrogen) atoms. The first-order chi connectivity index (χ1) is 7.72. The van der Waals surface area contributed by atoms with Crippen LogP contribution in [0.25, 0.3) is 0 Å². The summed E-state index contributed by atoms with van der Waals surface area (Å²) >= 11 is 7.46. The summed E-state index contributed by atoms with van der Waals surface area (Å²) in [6.07, 6.45) is 2.29. The lowest BCUT2D eigenvalue weighted by Crippen LogP contribution is -2.36. The lowest BCUT2D eigenvalue weighted by molar-refractivity contribution is -0.135. The van der Waals surface area contributed by atoms with E-state index in [2.05, 4.69) is 11.4 Å². The molecule has 88 valence electrons. The summed E-state index contributed by atoms with van der Waals surface area (Å²) in [4.78, 5) is 15.4. The number of hydrogen-bond donors (Lipinski definition) is 0. The first-order valence-corrected chi connectivity index (χ1v) is 7.02. The van der Waals surface area contributed by atoms with Gasteiger partial charge in [0.2, 0.25) is 5.91 Å². The van der Waals surface area contributed by atoms with Gasteiger partial charge >= 0.3 is 0 Å². The van der Waals surface area contributed by atoms with E-state index in [0.717, 1.165) is 19.4 Å². The number of carbonyl (C=O) groups is 1. The predicted octanol–water partition coefficient (Wildman–Crippen LogP) is 3.11.